The molecule has 2 aliphatic rings. The largest absolute Gasteiger partial charge is 0.490 e. The van der Waals surface area contributed by atoms with E-state index in [9.17, 15) is 43.9 Å². The molecule has 0 spiro atoms. The van der Waals surface area contributed by atoms with Crippen molar-refractivity contribution in [1.82, 2.24) is 14.4 Å². The smallest absolute Gasteiger partial charge is 0.475 e. The molecule has 10 nitrogen and oxygen atoms in total. The third kappa shape index (κ3) is 11.9. The normalized spacial score (nSPS) is 16.5. The number of hydrogen-bond acceptors (Lipinski definition) is 8. The van der Waals surface area contributed by atoms with Gasteiger partial charge in [-0.1, -0.05) is 40.5 Å². The number of halogens is 9. The van der Waals surface area contributed by atoms with E-state index in [1.807, 2.05) is 12.1 Å². The number of aromatic nitrogens is 1. The monoisotopic (exact) mass is 900 g/mol. The van der Waals surface area contributed by atoms with E-state index in [4.69, 9.17) is 33.1 Å². The fourth-order valence-corrected chi connectivity index (χ4v) is 9.83. The molecular formula is C37H37Cl2F7N4O6S2. The highest BCUT2D eigenvalue weighted by molar-refractivity contribution is 7.91. The number of carbonyl (C=O) groups excluding carboxylic acids is 1. The van der Waals surface area contributed by atoms with Crippen LogP contribution >= 0.6 is 34.5 Å². The topological polar surface area (TPSA) is 124 Å². The number of alkyl halides is 6. The van der Waals surface area contributed by atoms with Gasteiger partial charge >= 0.3 is 18.3 Å². The van der Waals surface area contributed by atoms with Crippen molar-refractivity contribution in [2.45, 2.75) is 55.1 Å². The van der Waals surface area contributed by atoms with Gasteiger partial charge in [0.05, 0.1) is 14.9 Å². The van der Waals surface area contributed by atoms with Crippen LogP contribution in [0.15, 0.2) is 69.4 Å². The number of carboxylic acids is 1. The summed E-state index contributed by atoms with van der Waals surface area (Å²) in [6.07, 6.45) is -5.46. The number of amides is 1. The molecule has 1 amide bonds. The molecule has 0 atom stereocenters. The molecule has 0 aliphatic carbocycles. The minimum absolute atomic E-state index is 0.0317. The Morgan fingerprint density at radius 1 is 0.897 bits per heavy atom. The Morgan fingerprint density at radius 2 is 1.53 bits per heavy atom. The number of thiophene rings is 1. The van der Waals surface area contributed by atoms with Gasteiger partial charge in [0.25, 0.3) is 10.0 Å². The molecule has 0 bridgehead atoms. The molecular weight excluding hydrogens is 864 g/mol. The third-order valence-corrected chi connectivity index (χ3v) is 14.0. The van der Waals surface area contributed by atoms with Crippen LogP contribution in [0.4, 0.5) is 36.4 Å². The highest BCUT2D eigenvalue weighted by Crippen LogP contribution is 2.37. The second-order valence-corrected chi connectivity index (χ2v) is 17.8. The lowest BCUT2D eigenvalue weighted by Crippen LogP contribution is -2.45. The quantitative estimate of drug-likeness (QED) is 0.148. The first kappa shape index (κ1) is 45.3. The summed E-state index contributed by atoms with van der Waals surface area (Å²) in [4.78, 5) is 27.3. The van der Waals surface area contributed by atoms with E-state index in [1.54, 1.807) is 23.1 Å². The van der Waals surface area contributed by atoms with Crippen molar-refractivity contribution in [1.29, 1.82) is 0 Å². The molecule has 0 radical (unpaired) electrons. The van der Waals surface area contributed by atoms with Gasteiger partial charge in [-0.25, -0.2) is 17.6 Å². The summed E-state index contributed by atoms with van der Waals surface area (Å²) >= 11 is 13.3. The molecule has 2 aromatic carbocycles. The second kappa shape index (κ2) is 19.1. The summed E-state index contributed by atoms with van der Waals surface area (Å²) in [6.45, 7) is 3.35. The van der Waals surface area contributed by atoms with Gasteiger partial charge in [-0.15, -0.1) is 11.3 Å². The maximum atomic E-state index is 14.0. The number of carboxylic acid groups (broad SMARTS) is 1. The number of aliphatic carboxylic acids is 1. The minimum Gasteiger partial charge on any atom is -0.475 e. The van der Waals surface area contributed by atoms with Crippen molar-refractivity contribution in [2.75, 3.05) is 44.2 Å². The molecule has 2 aliphatic heterocycles. The number of carbonyl (C=O) groups is 2. The maximum absolute atomic E-state index is 14.0. The molecule has 2 fully saturated rings. The van der Waals surface area contributed by atoms with Crippen LogP contribution in [0.25, 0.3) is 10.6 Å². The van der Waals surface area contributed by atoms with Gasteiger partial charge in [-0.3, -0.25) is 4.79 Å². The van der Waals surface area contributed by atoms with E-state index >= 15 is 0 Å². The van der Waals surface area contributed by atoms with E-state index in [2.05, 4.69) is 14.6 Å². The Balaban J connectivity index is 0.000000839. The third-order valence-electron chi connectivity index (χ3n) is 9.74. The first-order valence-electron chi connectivity index (χ1n) is 17.9. The summed E-state index contributed by atoms with van der Waals surface area (Å²) in [5, 5.41) is 11.3. The van der Waals surface area contributed by atoms with Crippen LogP contribution in [0.3, 0.4) is 0 Å². The molecule has 21 heteroatoms. The van der Waals surface area contributed by atoms with E-state index < -0.39 is 40.0 Å². The molecule has 316 valence electrons. The predicted octanol–water partition coefficient (Wildman–Crippen LogP) is 9.28. The van der Waals surface area contributed by atoms with Gasteiger partial charge in [0.1, 0.15) is 15.7 Å². The molecule has 2 saturated heterocycles. The molecule has 0 unspecified atom stereocenters. The van der Waals surface area contributed by atoms with E-state index in [1.165, 1.54) is 28.6 Å². The van der Waals surface area contributed by atoms with Gasteiger partial charge in [0, 0.05) is 37.3 Å². The Morgan fingerprint density at radius 3 is 2.10 bits per heavy atom. The standard InChI is InChI=1S/C35H36Cl2F4N4O4S2.C2HF3O2/c36-28-7-6-27(21-29(28)37)45(15-1-14-43-16-10-24(11-17-43)20-23-2-4-26(38)5-3-23)34(46)25-12-18-44(19-13-25)51(47,48)33-9-8-31(50-33)30-22-32(49-42-30)35(39,40)41;3-2(4,5)1(6)7/h2-9,21-22,24-25H,1,10-20H2;(H,6,7). The molecule has 1 N–H and O–H groups in total. The van der Waals surface area contributed by atoms with Crippen LogP contribution in [0.2, 0.25) is 10.0 Å². The van der Waals surface area contributed by atoms with Crippen molar-refractivity contribution in [3.63, 3.8) is 0 Å². The number of likely N-dealkylation sites (tertiary alicyclic amines) is 1. The van der Waals surface area contributed by atoms with E-state index in [-0.39, 0.29) is 39.6 Å². The maximum Gasteiger partial charge on any atom is 0.490 e. The van der Waals surface area contributed by atoms with Crippen LogP contribution < -0.4 is 4.90 Å². The zero-order valence-electron chi connectivity index (χ0n) is 30.4. The second-order valence-electron chi connectivity index (χ2n) is 13.7. The first-order chi connectivity index (χ1) is 27.2. The summed E-state index contributed by atoms with van der Waals surface area (Å²) in [5.41, 5.74) is 1.66. The van der Waals surface area contributed by atoms with Crippen LogP contribution in [-0.2, 0) is 32.2 Å². The Bertz CT molecular complexity index is 2130. The Labute approximate surface area is 343 Å². The lowest BCUT2D eigenvalue weighted by atomic mass is 9.90. The average molecular weight is 902 g/mol. The lowest BCUT2D eigenvalue weighted by molar-refractivity contribution is -0.192. The Hall–Kier alpha value is -3.75. The van der Waals surface area contributed by atoms with Gasteiger partial charge in [0.2, 0.25) is 11.7 Å². The van der Waals surface area contributed by atoms with Crippen molar-refractivity contribution < 1.29 is 58.4 Å². The van der Waals surface area contributed by atoms with Crippen LogP contribution in [0.5, 0.6) is 0 Å². The number of nitrogens with zero attached hydrogens (tertiary/aromatic N) is 4. The van der Waals surface area contributed by atoms with Crippen molar-refractivity contribution in [3.05, 3.63) is 87.8 Å². The number of rotatable bonds is 11. The van der Waals surface area contributed by atoms with Gasteiger partial charge in [0.15, 0.2) is 0 Å². The van der Waals surface area contributed by atoms with E-state index in [0.717, 1.165) is 68.3 Å². The zero-order valence-corrected chi connectivity index (χ0v) is 33.6. The van der Waals surface area contributed by atoms with Gasteiger partial charge < -0.3 is 19.4 Å². The lowest BCUT2D eigenvalue weighted by Gasteiger charge is -2.35. The number of sulfonamides is 1. The average Bonchev–Trinajstić information content (AvgIpc) is 3.88. The molecule has 0 saturated carbocycles. The Kier molecular flexibility index (Phi) is 14.9. The summed E-state index contributed by atoms with van der Waals surface area (Å²) in [5.74, 6) is -4.26. The SMILES string of the molecule is O=C(C1CCN(S(=O)(=O)c2ccc(-c3cc(C(F)(F)F)on3)s2)CC1)N(CCCN1CCC(Cc2ccc(F)cc2)CC1)c1ccc(Cl)c(Cl)c1.O=C(O)C(F)(F)F. The van der Waals surface area contributed by atoms with Gasteiger partial charge in [-0.2, -0.15) is 30.6 Å². The van der Waals surface area contributed by atoms with Crippen LogP contribution in [0.1, 0.15) is 43.4 Å². The number of benzene rings is 2. The van der Waals surface area contributed by atoms with Crippen molar-refractivity contribution in [2.24, 2.45) is 11.8 Å². The first-order valence-corrected chi connectivity index (χ1v) is 20.9. The zero-order chi connectivity index (χ0) is 42.4. The summed E-state index contributed by atoms with van der Waals surface area (Å²) < 4.78 is 117. The highest BCUT2D eigenvalue weighted by atomic mass is 35.5. The number of hydrogen-bond donors (Lipinski definition) is 1. The molecule has 4 heterocycles. The van der Waals surface area contributed by atoms with Crippen LogP contribution in [-0.4, -0.2) is 85.2 Å². The van der Waals surface area contributed by atoms with Crippen LogP contribution in [0, 0.1) is 17.7 Å². The fourth-order valence-electron chi connectivity index (χ4n) is 6.65. The number of anilines is 1. The summed E-state index contributed by atoms with van der Waals surface area (Å²) in [7, 11) is -3.96. The number of piperidine rings is 2. The summed E-state index contributed by atoms with van der Waals surface area (Å²) in [6, 6.07) is 15.3. The molecule has 6 rings (SSSR count). The fraction of sp³-hybridized carbons (Fsp3) is 0.432. The molecule has 2 aromatic heterocycles. The van der Waals surface area contributed by atoms with E-state index in [0.29, 0.717) is 41.0 Å². The molecule has 58 heavy (non-hydrogen) atoms. The van der Waals surface area contributed by atoms with Crippen molar-refractivity contribution in [3.8, 4) is 10.6 Å². The highest BCUT2D eigenvalue weighted by Gasteiger charge is 2.39. The molecule has 4 aromatic rings. The minimum atomic E-state index is -5.08. The van der Waals surface area contributed by atoms with Crippen molar-refractivity contribution >= 4 is 62.1 Å². The van der Waals surface area contributed by atoms with Gasteiger partial charge in [-0.05, 0) is 112 Å². The predicted molar refractivity (Wildman–Crippen MR) is 203 cm³/mol.